The van der Waals surface area contributed by atoms with Crippen molar-refractivity contribution < 1.29 is 14.3 Å². The number of benzene rings is 3. The average Bonchev–Trinajstić information content (AvgIpc) is 2.89. The molecule has 0 atom stereocenters. The van der Waals surface area contributed by atoms with Crippen molar-refractivity contribution in [1.82, 2.24) is 0 Å². The van der Waals surface area contributed by atoms with Crippen molar-refractivity contribution in [3.8, 4) is 5.75 Å². The maximum absolute atomic E-state index is 12.5. The van der Waals surface area contributed by atoms with E-state index >= 15 is 0 Å². The highest BCUT2D eigenvalue weighted by atomic mass is 16.5. The molecule has 0 fully saturated rings. The van der Waals surface area contributed by atoms with Crippen molar-refractivity contribution in [2.75, 3.05) is 29.1 Å². The maximum Gasteiger partial charge on any atom is 0.243 e. The van der Waals surface area contributed by atoms with Crippen LogP contribution in [0.3, 0.4) is 0 Å². The number of unbranched alkanes of at least 4 members (excludes halogenated alkanes) is 4. The van der Waals surface area contributed by atoms with E-state index in [0.29, 0.717) is 30.8 Å². The van der Waals surface area contributed by atoms with E-state index in [1.807, 2.05) is 60.7 Å². The Balaban J connectivity index is 1.40. The molecule has 3 aromatic carbocycles. The standard InChI is InChI=1S/C30H37N3O3/c1-2-3-4-5-9-20-36-28-17-11-14-25(22-28)31-23-30(35)33-27-16-10-15-26(21-27)32-29(34)19-18-24-12-7-6-8-13-24/h6-8,10-17,21-22,31H,2-5,9,18-20,23H2,1H3,(H,32,34)(H,33,35). The summed E-state index contributed by atoms with van der Waals surface area (Å²) >= 11 is 0. The molecule has 2 amide bonds. The van der Waals surface area contributed by atoms with Crippen LogP contribution in [0.1, 0.15) is 51.0 Å². The highest BCUT2D eigenvalue weighted by Crippen LogP contribution is 2.19. The third-order valence-electron chi connectivity index (χ3n) is 5.72. The first-order valence-electron chi connectivity index (χ1n) is 12.8. The van der Waals surface area contributed by atoms with Crippen molar-refractivity contribution in [1.29, 1.82) is 0 Å². The fourth-order valence-corrected chi connectivity index (χ4v) is 3.78. The molecule has 3 aromatic rings. The molecule has 0 unspecified atom stereocenters. The molecule has 0 aromatic heterocycles. The largest absolute Gasteiger partial charge is 0.494 e. The van der Waals surface area contributed by atoms with Gasteiger partial charge in [-0.2, -0.15) is 0 Å². The zero-order valence-electron chi connectivity index (χ0n) is 21.1. The first-order chi connectivity index (χ1) is 17.6. The molecule has 0 aliphatic carbocycles. The quantitative estimate of drug-likeness (QED) is 0.210. The molecule has 3 N–H and O–H groups in total. The molecule has 190 valence electrons. The molecular formula is C30H37N3O3. The lowest BCUT2D eigenvalue weighted by Gasteiger charge is -2.11. The second kappa shape index (κ2) is 15.2. The maximum atomic E-state index is 12.5. The summed E-state index contributed by atoms with van der Waals surface area (Å²) in [5.74, 6) is 0.559. The molecule has 0 aliphatic heterocycles. The Labute approximate surface area is 214 Å². The van der Waals surface area contributed by atoms with E-state index in [9.17, 15) is 9.59 Å². The smallest absolute Gasteiger partial charge is 0.243 e. The molecule has 0 saturated heterocycles. The molecular weight excluding hydrogens is 450 g/mol. The van der Waals surface area contributed by atoms with Crippen LogP contribution in [0, 0.1) is 0 Å². The molecule has 0 spiro atoms. The number of carbonyl (C=O) groups is 2. The van der Waals surface area contributed by atoms with E-state index in [0.717, 1.165) is 23.4 Å². The van der Waals surface area contributed by atoms with Gasteiger partial charge in [0.15, 0.2) is 0 Å². The van der Waals surface area contributed by atoms with Crippen LogP contribution in [0.2, 0.25) is 0 Å². The highest BCUT2D eigenvalue weighted by molar-refractivity contribution is 5.95. The van der Waals surface area contributed by atoms with Gasteiger partial charge in [0.2, 0.25) is 11.8 Å². The minimum absolute atomic E-state index is 0.0629. The van der Waals surface area contributed by atoms with Gasteiger partial charge in [-0.15, -0.1) is 0 Å². The Morgan fingerprint density at radius 2 is 1.42 bits per heavy atom. The van der Waals surface area contributed by atoms with E-state index in [4.69, 9.17) is 4.74 Å². The molecule has 36 heavy (non-hydrogen) atoms. The fraction of sp³-hybridized carbons (Fsp3) is 0.333. The van der Waals surface area contributed by atoms with Gasteiger partial charge in [0.05, 0.1) is 13.2 Å². The van der Waals surface area contributed by atoms with Crippen molar-refractivity contribution in [3.05, 3.63) is 84.4 Å². The molecule has 6 nitrogen and oxygen atoms in total. The zero-order valence-corrected chi connectivity index (χ0v) is 21.1. The van der Waals surface area contributed by atoms with Crippen molar-refractivity contribution >= 4 is 28.9 Å². The van der Waals surface area contributed by atoms with Crippen LogP contribution >= 0.6 is 0 Å². The second-order valence-electron chi connectivity index (χ2n) is 8.81. The van der Waals surface area contributed by atoms with Crippen LogP contribution < -0.4 is 20.7 Å². The average molecular weight is 488 g/mol. The normalized spacial score (nSPS) is 10.5. The van der Waals surface area contributed by atoms with Crippen LogP contribution in [-0.4, -0.2) is 25.0 Å². The highest BCUT2D eigenvalue weighted by Gasteiger charge is 2.07. The second-order valence-corrected chi connectivity index (χ2v) is 8.81. The lowest BCUT2D eigenvalue weighted by atomic mass is 10.1. The van der Waals surface area contributed by atoms with Crippen LogP contribution in [-0.2, 0) is 16.0 Å². The molecule has 0 bridgehead atoms. The fourth-order valence-electron chi connectivity index (χ4n) is 3.78. The summed E-state index contributed by atoms with van der Waals surface area (Å²) in [6.07, 6.45) is 7.07. The third-order valence-corrected chi connectivity index (χ3v) is 5.72. The number of aryl methyl sites for hydroxylation is 1. The van der Waals surface area contributed by atoms with Gasteiger partial charge in [0, 0.05) is 29.5 Å². The minimum Gasteiger partial charge on any atom is -0.494 e. The topological polar surface area (TPSA) is 79.5 Å². The van der Waals surface area contributed by atoms with Crippen molar-refractivity contribution in [3.63, 3.8) is 0 Å². The van der Waals surface area contributed by atoms with Gasteiger partial charge in [0.25, 0.3) is 0 Å². The Hall–Kier alpha value is -3.80. The van der Waals surface area contributed by atoms with E-state index in [-0.39, 0.29) is 18.4 Å². The first kappa shape index (κ1) is 26.8. The van der Waals surface area contributed by atoms with Gasteiger partial charge in [-0.1, -0.05) is 75.1 Å². The summed E-state index contributed by atoms with van der Waals surface area (Å²) in [7, 11) is 0. The number of carbonyl (C=O) groups excluding carboxylic acids is 2. The number of hydrogen-bond acceptors (Lipinski definition) is 4. The number of rotatable bonds is 15. The first-order valence-corrected chi connectivity index (χ1v) is 12.8. The van der Waals surface area contributed by atoms with E-state index in [2.05, 4.69) is 22.9 Å². The Morgan fingerprint density at radius 3 is 2.19 bits per heavy atom. The van der Waals surface area contributed by atoms with Gasteiger partial charge >= 0.3 is 0 Å². The summed E-state index contributed by atoms with van der Waals surface area (Å²) in [5.41, 5.74) is 3.23. The number of amides is 2. The van der Waals surface area contributed by atoms with Crippen LogP contribution in [0.15, 0.2) is 78.9 Å². The summed E-state index contributed by atoms with van der Waals surface area (Å²) < 4.78 is 5.84. The number of nitrogens with one attached hydrogen (secondary N) is 3. The predicted molar refractivity (Wildman–Crippen MR) is 148 cm³/mol. The number of ether oxygens (including phenoxy) is 1. The summed E-state index contributed by atoms with van der Waals surface area (Å²) in [6.45, 7) is 3.03. The van der Waals surface area contributed by atoms with E-state index in [1.165, 1.54) is 25.7 Å². The summed E-state index contributed by atoms with van der Waals surface area (Å²) in [5, 5.41) is 8.91. The van der Waals surface area contributed by atoms with Crippen LogP contribution in [0.5, 0.6) is 5.75 Å². The summed E-state index contributed by atoms with van der Waals surface area (Å²) in [6, 6.07) is 24.7. The Bertz CT molecular complexity index is 1090. The van der Waals surface area contributed by atoms with E-state index in [1.54, 1.807) is 18.2 Å². The van der Waals surface area contributed by atoms with Crippen LogP contribution in [0.25, 0.3) is 0 Å². The number of hydrogen-bond donors (Lipinski definition) is 3. The lowest BCUT2D eigenvalue weighted by molar-refractivity contribution is -0.116. The third kappa shape index (κ3) is 10.2. The van der Waals surface area contributed by atoms with E-state index < -0.39 is 0 Å². The molecule has 3 rings (SSSR count). The summed E-state index contributed by atoms with van der Waals surface area (Å²) in [4.78, 5) is 24.8. The van der Waals surface area contributed by atoms with Gasteiger partial charge in [-0.3, -0.25) is 9.59 Å². The molecule has 0 saturated carbocycles. The van der Waals surface area contributed by atoms with Crippen molar-refractivity contribution in [2.45, 2.75) is 51.9 Å². The lowest BCUT2D eigenvalue weighted by Crippen LogP contribution is -2.22. The van der Waals surface area contributed by atoms with Gasteiger partial charge < -0.3 is 20.7 Å². The Kier molecular flexibility index (Phi) is 11.4. The van der Waals surface area contributed by atoms with Gasteiger partial charge in [-0.05, 0) is 48.7 Å². The van der Waals surface area contributed by atoms with Crippen LogP contribution in [0.4, 0.5) is 17.1 Å². The molecule has 6 heteroatoms. The molecule has 0 radical (unpaired) electrons. The monoisotopic (exact) mass is 487 g/mol. The zero-order chi connectivity index (χ0) is 25.4. The van der Waals surface area contributed by atoms with Gasteiger partial charge in [0.1, 0.15) is 5.75 Å². The predicted octanol–water partition coefficient (Wildman–Crippen LogP) is 6.66. The van der Waals surface area contributed by atoms with Crippen molar-refractivity contribution in [2.24, 2.45) is 0 Å². The van der Waals surface area contributed by atoms with Gasteiger partial charge in [-0.25, -0.2) is 0 Å². The number of anilines is 3. The SMILES string of the molecule is CCCCCCCOc1cccc(NCC(=O)Nc2cccc(NC(=O)CCc3ccccc3)c2)c1. The Morgan fingerprint density at radius 1 is 0.722 bits per heavy atom. The molecule has 0 heterocycles. The minimum atomic E-state index is -0.176. The molecule has 0 aliphatic rings.